The van der Waals surface area contributed by atoms with Gasteiger partial charge in [0.1, 0.15) is 6.04 Å². The molecule has 0 saturated heterocycles. The Balaban J connectivity index is 2.97. The number of primary amides is 1. The van der Waals surface area contributed by atoms with Gasteiger partial charge in [-0.2, -0.15) is 0 Å². The van der Waals surface area contributed by atoms with Gasteiger partial charge in [-0.15, -0.1) is 0 Å². The third kappa shape index (κ3) is 2.76. The van der Waals surface area contributed by atoms with Crippen LogP contribution in [0.3, 0.4) is 0 Å². The van der Waals surface area contributed by atoms with Gasteiger partial charge in [-0.1, -0.05) is 19.9 Å². The van der Waals surface area contributed by atoms with Gasteiger partial charge in [-0.25, -0.2) is 0 Å². The standard InChI is InChI=1S/C11H17N3O/c1-3-14(4-2)10(11(12)15)9-7-5-6-8-13-9/h5-8,10H,3-4H2,1-2H3,(H2,12,15). The van der Waals surface area contributed by atoms with Crippen LogP contribution in [0.25, 0.3) is 0 Å². The number of nitrogens with two attached hydrogens (primary N) is 1. The van der Waals surface area contributed by atoms with Gasteiger partial charge in [0.05, 0.1) is 5.69 Å². The lowest BCUT2D eigenvalue weighted by Crippen LogP contribution is -2.38. The Bertz CT molecular complexity index is 309. The van der Waals surface area contributed by atoms with Gasteiger partial charge in [0.25, 0.3) is 0 Å². The van der Waals surface area contributed by atoms with Crippen molar-refractivity contribution in [3.8, 4) is 0 Å². The predicted molar refractivity (Wildman–Crippen MR) is 59.1 cm³/mol. The fourth-order valence-electron chi connectivity index (χ4n) is 1.64. The molecular formula is C11H17N3O. The van der Waals surface area contributed by atoms with Crippen molar-refractivity contribution in [2.24, 2.45) is 5.73 Å². The van der Waals surface area contributed by atoms with Gasteiger partial charge in [0.15, 0.2) is 0 Å². The zero-order chi connectivity index (χ0) is 11.3. The lowest BCUT2D eigenvalue weighted by Gasteiger charge is -2.26. The van der Waals surface area contributed by atoms with Gasteiger partial charge in [-0.3, -0.25) is 14.7 Å². The highest BCUT2D eigenvalue weighted by molar-refractivity contribution is 5.80. The number of rotatable bonds is 5. The van der Waals surface area contributed by atoms with Gasteiger partial charge in [-0.05, 0) is 25.2 Å². The van der Waals surface area contributed by atoms with Crippen molar-refractivity contribution in [3.05, 3.63) is 30.1 Å². The third-order valence-electron chi connectivity index (χ3n) is 2.41. The van der Waals surface area contributed by atoms with E-state index in [1.807, 2.05) is 36.9 Å². The minimum atomic E-state index is -0.416. The minimum absolute atomic E-state index is 0.350. The molecule has 0 aliphatic carbocycles. The van der Waals surface area contributed by atoms with Crippen molar-refractivity contribution in [1.82, 2.24) is 9.88 Å². The fourth-order valence-corrected chi connectivity index (χ4v) is 1.64. The van der Waals surface area contributed by atoms with Crippen molar-refractivity contribution in [1.29, 1.82) is 0 Å². The minimum Gasteiger partial charge on any atom is -0.368 e. The van der Waals surface area contributed by atoms with Crippen molar-refractivity contribution < 1.29 is 4.79 Å². The number of hydrogen-bond donors (Lipinski definition) is 1. The molecule has 82 valence electrons. The van der Waals surface area contributed by atoms with E-state index in [9.17, 15) is 4.79 Å². The second-order valence-corrected chi connectivity index (χ2v) is 3.28. The van der Waals surface area contributed by atoms with Gasteiger partial charge in [0, 0.05) is 6.20 Å². The second-order valence-electron chi connectivity index (χ2n) is 3.28. The quantitative estimate of drug-likeness (QED) is 0.782. The molecule has 1 aromatic rings. The van der Waals surface area contributed by atoms with E-state index in [0.29, 0.717) is 5.69 Å². The van der Waals surface area contributed by atoms with Crippen molar-refractivity contribution in [3.63, 3.8) is 0 Å². The predicted octanol–water partition coefficient (Wildman–Crippen LogP) is 0.950. The summed E-state index contributed by atoms with van der Waals surface area (Å²) >= 11 is 0. The van der Waals surface area contributed by atoms with E-state index in [0.717, 1.165) is 13.1 Å². The van der Waals surface area contributed by atoms with E-state index in [4.69, 9.17) is 5.73 Å². The molecule has 1 heterocycles. The molecule has 2 N–H and O–H groups in total. The van der Waals surface area contributed by atoms with Crippen molar-refractivity contribution >= 4 is 5.91 Å². The van der Waals surface area contributed by atoms with Crippen molar-refractivity contribution in [2.75, 3.05) is 13.1 Å². The van der Waals surface area contributed by atoms with Gasteiger partial charge >= 0.3 is 0 Å². The Kier molecular flexibility index (Phi) is 4.24. The molecule has 0 aromatic carbocycles. The Hall–Kier alpha value is -1.42. The molecule has 1 unspecified atom stereocenters. The SMILES string of the molecule is CCN(CC)C(C(N)=O)c1ccccn1. The van der Waals surface area contributed by atoms with Crippen LogP contribution in [0, 0.1) is 0 Å². The van der Waals surface area contributed by atoms with Crippen LogP contribution in [0.15, 0.2) is 24.4 Å². The summed E-state index contributed by atoms with van der Waals surface area (Å²) in [5, 5.41) is 0. The largest absolute Gasteiger partial charge is 0.368 e. The summed E-state index contributed by atoms with van der Waals surface area (Å²) in [7, 11) is 0. The van der Waals surface area contributed by atoms with Gasteiger partial charge < -0.3 is 5.73 Å². The van der Waals surface area contributed by atoms with E-state index in [1.165, 1.54) is 0 Å². The summed E-state index contributed by atoms with van der Waals surface area (Å²) in [6.07, 6.45) is 1.68. The number of aromatic nitrogens is 1. The summed E-state index contributed by atoms with van der Waals surface area (Å²) < 4.78 is 0. The summed E-state index contributed by atoms with van der Waals surface area (Å²) in [6, 6.07) is 5.10. The molecule has 0 radical (unpaired) electrons. The van der Waals surface area contributed by atoms with Gasteiger partial charge in [0.2, 0.25) is 5.91 Å². The maximum Gasteiger partial charge on any atom is 0.241 e. The number of amides is 1. The summed E-state index contributed by atoms with van der Waals surface area (Å²) in [4.78, 5) is 17.6. The average Bonchev–Trinajstić information content (AvgIpc) is 2.26. The van der Waals surface area contributed by atoms with Crippen LogP contribution >= 0.6 is 0 Å². The highest BCUT2D eigenvalue weighted by Gasteiger charge is 2.24. The first-order valence-electron chi connectivity index (χ1n) is 5.15. The van der Waals surface area contributed by atoms with E-state index in [-0.39, 0.29) is 5.91 Å². The first kappa shape index (κ1) is 11.7. The van der Waals surface area contributed by atoms with Crippen LogP contribution in [0.1, 0.15) is 25.6 Å². The first-order valence-corrected chi connectivity index (χ1v) is 5.15. The van der Waals surface area contributed by atoms with E-state index in [2.05, 4.69) is 4.98 Å². The van der Waals surface area contributed by atoms with Crippen LogP contribution in [0.2, 0.25) is 0 Å². The monoisotopic (exact) mass is 207 g/mol. The summed E-state index contributed by atoms with van der Waals surface area (Å²) in [6.45, 7) is 5.56. The molecular weight excluding hydrogens is 190 g/mol. The molecule has 0 bridgehead atoms. The summed E-state index contributed by atoms with van der Waals surface area (Å²) in [5.41, 5.74) is 6.12. The highest BCUT2D eigenvalue weighted by Crippen LogP contribution is 2.17. The number of hydrogen-bond acceptors (Lipinski definition) is 3. The summed E-state index contributed by atoms with van der Waals surface area (Å²) in [5.74, 6) is -0.350. The normalized spacial score (nSPS) is 12.7. The smallest absolute Gasteiger partial charge is 0.241 e. The third-order valence-corrected chi connectivity index (χ3v) is 2.41. The number of carbonyl (C=O) groups is 1. The van der Waals surface area contributed by atoms with E-state index in [1.54, 1.807) is 6.20 Å². The molecule has 1 atom stereocenters. The Morgan fingerprint density at radius 2 is 2.13 bits per heavy atom. The number of pyridine rings is 1. The molecule has 15 heavy (non-hydrogen) atoms. The van der Waals surface area contributed by atoms with E-state index >= 15 is 0 Å². The molecule has 0 fully saturated rings. The fraction of sp³-hybridized carbons (Fsp3) is 0.455. The van der Waals surface area contributed by atoms with E-state index < -0.39 is 6.04 Å². The molecule has 4 heteroatoms. The Morgan fingerprint density at radius 3 is 2.53 bits per heavy atom. The molecule has 0 saturated carbocycles. The van der Waals surface area contributed by atoms with Crippen LogP contribution < -0.4 is 5.73 Å². The number of likely N-dealkylation sites (N-methyl/N-ethyl adjacent to an activating group) is 1. The lowest BCUT2D eigenvalue weighted by molar-refractivity contribution is -0.123. The highest BCUT2D eigenvalue weighted by atomic mass is 16.1. The van der Waals surface area contributed by atoms with Crippen LogP contribution in [-0.2, 0) is 4.79 Å². The maximum absolute atomic E-state index is 11.4. The van der Waals surface area contributed by atoms with Crippen LogP contribution in [-0.4, -0.2) is 28.9 Å². The second kappa shape index (κ2) is 5.46. The lowest BCUT2D eigenvalue weighted by atomic mass is 10.1. The first-order chi connectivity index (χ1) is 7.20. The van der Waals surface area contributed by atoms with Crippen LogP contribution in [0.4, 0.5) is 0 Å². The molecule has 0 aliphatic rings. The molecule has 1 aromatic heterocycles. The number of nitrogens with zero attached hydrogens (tertiary/aromatic N) is 2. The van der Waals surface area contributed by atoms with Crippen molar-refractivity contribution in [2.45, 2.75) is 19.9 Å². The molecule has 1 rings (SSSR count). The molecule has 1 amide bonds. The Labute approximate surface area is 90.1 Å². The molecule has 4 nitrogen and oxygen atoms in total. The zero-order valence-electron chi connectivity index (χ0n) is 9.18. The topological polar surface area (TPSA) is 59.2 Å². The maximum atomic E-state index is 11.4. The average molecular weight is 207 g/mol. The molecule has 0 aliphatic heterocycles. The molecule has 0 spiro atoms. The zero-order valence-corrected chi connectivity index (χ0v) is 9.18. The number of carbonyl (C=O) groups excluding carboxylic acids is 1. The Morgan fingerprint density at radius 1 is 1.47 bits per heavy atom. The van der Waals surface area contributed by atoms with Crippen LogP contribution in [0.5, 0.6) is 0 Å².